The van der Waals surface area contributed by atoms with Crippen LogP contribution in [0.25, 0.3) is 0 Å². The summed E-state index contributed by atoms with van der Waals surface area (Å²) in [4.78, 5) is 0. The van der Waals surface area contributed by atoms with Crippen molar-refractivity contribution in [3.8, 4) is 5.75 Å². The summed E-state index contributed by atoms with van der Waals surface area (Å²) in [6.45, 7) is 0. The fourth-order valence-electron chi connectivity index (χ4n) is 1.08. The fourth-order valence-corrected chi connectivity index (χ4v) is 1.26. The van der Waals surface area contributed by atoms with Gasteiger partial charge in [-0.2, -0.15) is 0 Å². The van der Waals surface area contributed by atoms with Gasteiger partial charge in [-0.15, -0.1) is 24.8 Å². The first-order chi connectivity index (χ1) is 7.74. The Morgan fingerprint density at radius 1 is 1.38 bits per heavy atom. The molecule has 0 amide bonds. The first-order valence-corrected chi connectivity index (χ1v) is 4.93. The van der Waals surface area contributed by atoms with Crippen molar-refractivity contribution in [1.82, 2.24) is 0 Å². The van der Waals surface area contributed by atoms with Crippen LogP contribution < -0.4 is 4.74 Å². The molecule has 0 aromatic heterocycles. The second-order valence-electron chi connectivity index (χ2n) is 2.96. The van der Waals surface area contributed by atoms with Gasteiger partial charge in [0.1, 0.15) is 5.75 Å². The molecule has 1 aromatic carbocycles. The van der Waals surface area contributed by atoms with Gasteiger partial charge in [-0.1, -0.05) is 12.1 Å². The molecule has 1 rings (SSSR count). The minimum atomic E-state index is -4.76. The molecule has 2 nitrogen and oxygen atoms in total. The normalized spacial score (nSPS) is 16.4. The number of hydrogen-bond acceptors (Lipinski definition) is 2. The Hall–Kier alpha value is -0.940. The maximum atomic E-state index is 11.9. The highest BCUT2D eigenvalue weighted by atomic mass is 35.5. The third-order valence-corrected chi connectivity index (χ3v) is 1.94. The number of hydrogen-bond donors (Lipinski definition) is 1. The molecule has 0 saturated carbocycles. The lowest BCUT2D eigenvalue weighted by molar-refractivity contribution is -0.274. The van der Waals surface area contributed by atoms with E-state index in [9.17, 15) is 18.3 Å². The number of halogens is 4. The zero-order valence-electron chi connectivity index (χ0n) is 9.09. The molecule has 0 fully saturated rings. The SMILES string of the molecule is [2H]C(O)(CCCl)c1ccc(OC(F)(F)F)cc1. The fraction of sp³-hybridized carbons (Fsp3) is 0.400. The van der Waals surface area contributed by atoms with Crippen LogP contribution in [0.3, 0.4) is 0 Å². The summed E-state index contributed by atoms with van der Waals surface area (Å²) in [6.07, 6.45) is -6.68. The quantitative estimate of drug-likeness (QED) is 0.837. The van der Waals surface area contributed by atoms with Crippen molar-refractivity contribution in [2.45, 2.75) is 18.9 Å². The van der Waals surface area contributed by atoms with E-state index in [2.05, 4.69) is 4.74 Å². The average Bonchev–Trinajstić information content (AvgIpc) is 2.15. The van der Waals surface area contributed by atoms with Crippen LogP contribution in [0, 0.1) is 0 Å². The Morgan fingerprint density at radius 2 is 1.94 bits per heavy atom. The van der Waals surface area contributed by atoms with E-state index in [0.29, 0.717) is 0 Å². The van der Waals surface area contributed by atoms with Crippen LogP contribution in [0.2, 0.25) is 0 Å². The molecule has 0 saturated heterocycles. The molecule has 1 N–H and O–H groups in total. The number of alkyl halides is 4. The van der Waals surface area contributed by atoms with Gasteiger partial charge in [-0.25, -0.2) is 0 Å². The van der Waals surface area contributed by atoms with E-state index < -0.39 is 18.2 Å². The number of benzene rings is 1. The van der Waals surface area contributed by atoms with Gasteiger partial charge in [0.05, 0.1) is 7.45 Å². The first kappa shape index (κ1) is 11.5. The summed E-state index contributed by atoms with van der Waals surface area (Å²) in [5.41, 5.74) is 0.160. The predicted molar refractivity (Wildman–Crippen MR) is 53.4 cm³/mol. The standard InChI is InChI=1S/C10H10ClF3O2/c11-6-5-9(15)7-1-3-8(4-2-7)16-10(12,13)14/h1-4,9,15H,5-6H2/i9D. The summed E-state index contributed by atoms with van der Waals surface area (Å²) in [5.74, 6) is -0.330. The minimum Gasteiger partial charge on any atom is -0.406 e. The molecule has 0 bridgehead atoms. The van der Waals surface area contributed by atoms with E-state index in [-0.39, 0.29) is 17.9 Å². The Labute approximate surface area is 97.0 Å². The molecule has 0 aliphatic heterocycles. The highest BCUT2D eigenvalue weighted by molar-refractivity contribution is 6.17. The van der Waals surface area contributed by atoms with Gasteiger partial charge in [-0.05, 0) is 24.1 Å². The van der Waals surface area contributed by atoms with Crippen molar-refractivity contribution in [3.63, 3.8) is 0 Å². The van der Waals surface area contributed by atoms with Crippen LogP contribution in [0.15, 0.2) is 24.3 Å². The minimum absolute atomic E-state index is 0.0198. The number of aliphatic hydroxyl groups is 1. The van der Waals surface area contributed by atoms with E-state index >= 15 is 0 Å². The monoisotopic (exact) mass is 255 g/mol. The van der Waals surface area contributed by atoms with Crippen molar-refractivity contribution >= 4 is 11.6 Å². The van der Waals surface area contributed by atoms with Gasteiger partial charge in [-0.3, -0.25) is 0 Å². The van der Waals surface area contributed by atoms with Gasteiger partial charge >= 0.3 is 6.36 Å². The van der Waals surface area contributed by atoms with Crippen LogP contribution in [0.5, 0.6) is 5.75 Å². The lowest BCUT2D eigenvalue weighted by Gasteiger charge is -2.11. The average molecular weight is 256 g/mol. The lowest BCUT2D eigenvalue weighted by atomic mass is 10.1. The maximum Gasteiger partial charge on any atom is 0.573 e. The molecular weight excluding hydrogens is 245 g/mol. The molecule has 0 spiro atoms. The van der Waals surface area contributed by atoms with E-state index in [1.165, 1.54) is 12.1 Å². The molecule has 1 unspecified atom stereocenters. The van der Waals surface area contributed by atoms with Gasteiger partial charge in [0.2, 0.25) is 0 Å². The molecule has 1 aromatic rings. The van der Waals surface area contributed by atoms with Crippen LogP contribution in [-0.2, 0) is 0 Å². The van der Waals surface area contributed by atoms with Crippen LogP contribution in [-0.4, -0.2) is 17.3 Å². The summed E-state index contributed by atoms with van der Waals surface area (Å²) >= 11 is 5.40. The second-order valence-corrected chi connectivity index (χ2v) is 3.34. The largest absolute Gasteiger partial charge is 0.573 e. The highest BCUT2D eigenvalue weighted by Gasteiger charge is 2.30. The Balaban J connectivity index is 2.81. The van der Waals surface area contributed by atoms with Gasteiger partial charge < -0.3 is 9.84 Å². The van der Waals surface area contributed by atoms with Crippen LogP contribution in [0.1, 0.15) is 19.4 Å². The molecular formula is C10H10ClF3O2. The Bertz CT molecular complexity index is 365. The van der Waals surface area contributed by atoms with Crippen molar-refractivity contribution in [3.05, 3.63) is 29.8 Å². The number of rotatable bonds is 4. The van der Waals surface area contributed by atoms with Crippen molar-refractivity contribution < 1.29 is 24.4 Å². The molecule has 0 aliphatic carbocycles. The Kier molecular flexibility index (Phi) is 3.90. The third kappa shape index (κ3) is 4.28. The first-order valence-electron chi connectivity index (χ1n) is 4.89. The molecule has 0 aliphatic rings. The summed E-state index contributed by atoms with van der Waals surface area (Å²) in [5, 5.41) is 9.63. The van der Waals surface area contributed by atoms with Gasteiger partial charge in [0.15, 0.2) is 0 Å². The lowest BCUT2D eigenvalue weighted by Crippen LogP contribution is -2.17. The molecule has 0 radical (unpaired) electrons. The van der Waals surface area contributed by atoms with Crippen molar-refractivity contribution in [2.75, 3.05) is 5.88 Å². The maximum absolute atomic E-state index is 11.9. The molecule has 16 heavy (non-hydrogen) atoms. The van der Waals surface area contributed by atoms with E-state index in [4.69, 9.17) is 13.0 Å². The second kappa shape index (κ2) is 5.41. The van der Waals surface area contributed by atoms with Crippen LogP contribution in [0.4, 0.5) is 13.2 Å². The zero-order valence-corrected chi connectivity index (χ0v) is 8.85. The van der Waals surface area contributed by atoms with Crippen LogP contribution >= 0.6 is 11.6 Å². The third-order valence-electron chi connectivity index (χ3n) is 1.75. The summed E-state index contributed by atoms with van der Waals surface area (Å²) in [7, 11) is 0. The predicted octanol–water partition coefficient (Wildman–Crippen LogP) is 3.25. The molecule has 6 heteroatoms. The van der Waals surface area contributed by atoms with Gasteiger partial charge in [0, 0.05) is 5.88 Å². The van der Waals surface area contributed by atoms with E-state index in [1.54, 1.807) is 0 Å². The van der Waals surface area contributed by atoms with E-state index in [1.807, 2.05) is 0 Å². The highest BCUT2D eigenvalue weighted by Crippen LogP contribution is 2.25. The van der Waals surface area contributed by atoms with Gasteiger partial charge in [0.25, 0.3) is 0 Å². The molecule has 0 heterocycles. The number of ether oxygens (including phenoxy) is 1. The zero-order chi connectivity index (χ0) is 13.1. The molecule has 90 valence electrons. The smallest absolute Gasteiger partial charge is 0.406 e. The molecule has 1 atom stereocenters. The Morgan fingerprint density at radius 3 is 2.38 bits per heavy atom. The topological polar surface area (TPSA) is 29.5 Å². The van der Waals surface area contributed by atoms with E-state index in [0.717, 1.165) is 12.1 Å². The van der Waals surface area contributed by atoms with Crippen molar-refractivity contribution in [1.29, 1.82) is 0 Å². The summed E-state index contributed by atoms with van der Waals surface area (Å²) < 4.78 is 46.8. The van der Waals surface area contributed by atoms with Crippen molar-refractivity contribution in [2.24, 2.45) is 0 Å². The summed E-state index contributed by atoms with van der Waals surface area (Å²) in [6, 6.07) is 4.47.